The summed E-state index contributed by atoms with van der Waals surface area (Å²) in [5.74, 6) is 1.68. The number of hydrogen-bond acceptors (Lipinski definition) is 7. The molecule has 0 radical (unpaired) electrons. The van der Waals surface area contributed by atoms with Crippen LogP contribution in [0.4, 0.5) is 5.82 Å². The van der Waals surface area contributed by atoms with E-state index in [2.05, 4.69) is 15.2 Å². The standard InChI is InChI=1S/C21H24N4O2S2/c1-27-15-8-6-14(7-9-15)13-22-19(26)17-12-16-18(25-10-4-3-5-11-25)23-21(28-2)24-20(16)29-17/h6-9,12H,3-5,10-11,13H2,1-2H3,(H,22,26). The van der Waals surface area contributed by atoms with Crippen molar-refractivity contribution in [3.05, 3.63) is 40.8 Å². The highest BCUT2D eigenvalue weighted by Gasteiger charge is 2.20. The zero-order valence-corrected chi connectivity index (χ0v) is 18.2. The second kappa shape index (κ2) is 9.00. The Balaban J connectivity index is 1.56. The Morgan fingerprint density at radius 1 is 1.21 bits per heavy atom. The maximum atomic E-state index is 12.8. The Bertz CT molecular complexity index is 998. The number of nitrogens with zero attached hydrogens (tertiary/aromatic N) is 3. The van der Waals surface area contributed by atoms with Crippen LogP contribution < -0.4 is 15.0 Å². The zero-order valence-electron chi connectivity index (χ0n) is 16.6. The average Bonchev–Trinajstić information content (AvgIpc) is 3.22. The van der Waals surface area contributed by atoms with Crippen LogP contribution in [-0.2, 0) is 6.54 Å². The highest BCUT2D eigenvalue weighted by Crippen LogP contribution is 2.34. The molecule has 0 saturated carbocycles. The third-order valence-electron chi connectivity index (χ3n) is 5.03. The van der Waals surface area contributed by atoms with Crippen LogP contribution in [0.1, 0.15) is 34.5 Å². The molecule has 1 fully saturated rings. The quantitative estimate of drug-likeness (QED) is 0.465. The number of thiophene rings is 1. The molecule has 0 atom stereocenters. The van der Waals surface area contributed by atoms with Crippen molar-refractivity contribution in [1.82, 2.24) is 15.3 Å². The molecule has 0 bridgehead atoms. The summed E-state index contributed by atoms with van der Waals surface area (Å²) in [6.45, 7) is 2.49. The minimum Gasteiger partial charge on any atom is -0.497 e. The van der Waals surface area contributed by atoms with Gasteiger partial charge in [-0.25, -0.2) is 9.97 Å². The fourth-order valence-electron chi connectivity index (χ4n) is 3.45. The third-order valence-corrected chi connectivity index (χ3v) is 6.60. The van der Waals surface area contributed by atoms with Crippen LogP contribution in [0.3, 0.4) is 0 Å². The lowest BCUT2D eigenvalue weighted by Crippen LogP contribution is -2.30. The number of anilines is 1. The van der Waals surface area contributed by atoms with Crippen molar-refractivity contribution >= 4 is 45.0 Å². The van der Waals surface area contributed by atoms with Crippen LogP contribution >= 0.6 is 23.1 Å². The number of ether oxygens (including phenoxy) is 1. The van der Waals surface area contributed by atoms with E-state index in [-0.39, 0.29) is 5.91 Å². The normalized spacial score (nSPS) is 14.2. The Labute approximate surface area is 178 Å². The molecule has 0 spiro atoms. The lowest BCUT2D eigenvalue weighted by Gasteiger charge is -2.28. The van der Waals surface area contributed by atoms with Crippen molar-refractivity contribution in [3.63, 3.8) is 0 Å². The van der Waals surface area contributed by atoms with Gasteiger partial charge in [0.1, 0.15) is 16.4 Å². The molecule has 29 heavy (non-hydrogen) atoms. The Hall–Kier alpha value is -2.32. The first kappa shape index (κ1) is 20.0. The van der Waals surface area contributed by atoms with Gasteiger partial charge in [-0.15, -0.1) is 11.3 Å². The highest BCUT2D eigenvalue weighted by atomic mass is 32.2. The molecule has 3 heterocycles. The minimum absolute atomic E-state index is 0.0842. The van der Waals surface area contributed by atoms with Gasteiger partial charge in [-0.1, -0.05) is 23.9 Å². The van der Waals surface area contributed by atoms with Crippen molar-refractivity contribution in [2.24, 2.45) is 0 Å². The zero-order chi connectivity index (χ0) is 20.2. The van der Waals surface area contributed by atoms with Crippen molar-refractivity contribution in [2.75, 3.05) is 31.4 Å². The number of rotatable bonds is 6. The molecule has 0 aliphatic carbocycles. The molecule has 8 heteroatoms. The largest absolute Gasteiger partial charge is 0.497 e. The van der Waals surface area contributed by atoms with E-state index in [0.29, 0.717) is 11.4 Å². The Kier molecular flexibility index (Phi) is 6.20. The van der Waals surface area contributed by atoms with E-state index in [4.69, 9.17) is 9.72 Å². The van der Waals surface area contributed by atoms with Crippen LogP contribution in [0, 0.1) is 0 Å². The summed E-state index contributed by atoms with van der Waals surface area (Å²) in [6, 6.07) is 9.64. The van der Waals surface area contributed by atoms with Gasteiger partial charge >= 0.3 is 0 Å². The number of carbonyl (C=O) groups excluding carboxylic acids is 1. The van der Waals surface area contributed by atoms with Gasteiger partial charge in [0, 0.05) is 19.6 Å². The van der Waals surface area contributed by atoms with Gasteiger partial charge in [0.05, 0.1) is 17.4 Å². The molecule has 3 aromatic rings. The molecular formula is C21H24N4O2S2. The molecule has 1 aromatic carbocycles. The number of aromatic nitrogens is 2. The van der Waals surface area contributed by atoms with Gasteiger partial charge in [0.2, 0.25) is 0 Å². The SMILES string of the molecule is COc1ccc(CNC(=O)c2cc3c(N4CCCCC4)nc(SC)nc3s2)cc1. The second-order valence-corrected chi connectivity index (χ2v) is 8.75. The van der Waals surface area contributed by atoms with E-state index < -0.39 is 0 Å². The maximum absolute atomic E-state index is 12.8. The average molecular weight is 429 g/mol. The fourth-order valence-corrected chi connectivity index (χ4v) is 4.81. The first-order valence-electron chi connectivity index (χ1n) is 9.69. The summed E-state index contributed by atoms with van der Waals surface area (Å²) < 4.78 is 5.17. The summed E-state index contributed by atoms with van der Waals surface area (Å²) in [5, 5.41) is 4.74. The van der Waals surface area contributed by atoms with Gasteiger partial charge in [0.15, 0.2) is 5.16 Å². The van der Waals surface area contributed by atoms with Gasteiger partial charge in [-0.2, -0.15) is 0 Å². The number of nitrogens with one attached hydrogen (secondary N) is 1. The molecule has 1 amide bonds. The second-order valence-electron chi connectivity index (χ2n) is 6.94. The molecule has 2 aromatic heterocycles. The molecular weight excluding hydrogens is 404 g/mol. The summed E-state index contributed by atoms with van der Waals surface area (Å²) in [5.41, 5.74) is 1.03. The van der Waals surface area contributed by atoms with Gasteiger partial charge in [-0.05, 0) is 49.3 Å². The topological polar surface area (TPSA) is 67.3 Å². The van der Waals surface area contributed by atoms with Gasteiger partial charge in [-0.3, -0.25) is 4.79 Å². The van der Waals surface area contributed by atoms with E-state index in [1.165, 1.54) is 42.4 Å². The van der Waals surface area contributed by atoms with Crippen LogP contribution in [0.25, 0.3) is 10.2 Å². The number of thioether (sulfide) groups is 1. The molecule has 152 valence electrons. The summed E-state index contributed by atoms with van der Waals surface area (Å²) in [6.07, 6.45) is 5.61. The van der Waals surface area contributed by atoms with Crippen LogP contribution in [0.15, 0.2) is 35.5 Å². The number of hydrogen-bond donors (Lipinski definition) is 1. The first-order valence-corrected chi connectivity index (χ1v) is 11.7. The highest BCUT2D eigenvalue weighted by molar-refractivity contribution is 7.98. The number of fused-ring (bicyclic) bond motifs is 1. The van der Waals surface area contributed by atoms with Crippen LogP contribution in [0.2, 0.25) is 0 Å². The van der Waals surface area contributed by atoms with Crippen molar-refractivity contribution in [1.29, 1.82) is 0 Å². The summed E-state index contributed by atoms with van der Waals surface area (Å²) in [4.78, 5) is 26.0. The predicted octanol–water partition coefficient (Wildman–Crippen LogP) is 4.34. The van der Waals surface area contributed by atoms with Gasteiger partial charge in [0.25, 0.3) is 5.91 Å². The smallest absolute Gasteiger partial charge is 0.261 e. The van der Waals surface area contributed by atoms with E-state index in [1.807, 2.05) is 36.6 Å². The molecule has 4 rings (SSSR count). The number of carbonyl (C=O) groups is 1. The Morgan fingerprint density at radius 2 is 1.97 bits per heavy atom. The molecule has 0 unspecified atom stereocenters. The predicted molar refractivity (Wildman–Crippen MR) is 119 cm³/mol. The third kappa shape index (κ3) is 4.48. The van der Waals surface area contributed by atoms with E-state index in [1.54, 1.807) is 7.11 Å². The summed E-state index contributed by atoms with van der Waals surface area (Å²) in [7, 11) is 1.64. The van der Waals surface area contributed by atoms with E-state index in [0.717, 1.165) is 45.6 Å². The molecule has 1 aliphatic rings. The maximum Gasteiger partial charge on any atom is 0.261 e. The lowest BCUT2D eigenvalue weighted by atomic mass is 10.1. The number of methoxy groups -OCH3 is 1. The first-order chi connectivity index (χ1) is 14.2. The van der Waals surface area contributed by atoms with Crippen molar-refractivity contribution in [2.45, 2.75) is 31.0 Å². The summed E-state index contributed by atoms with van der Waals surface area (Å²) >= 11 is 2.97. The fraction of sp³-hybridized carbons (Fsp3) is 0.381. The van der Waals surface area contributed by atoms with Gasteiger partial charge < -0.3 is 15.0 Å². The molecule has 1 aliphatic heterocycles. The molecule has 6 nitrogen and oxygen atoms in total. The monoisotopic (exact) mass is 428 g/mol. The lowest BCUT2D eigenvalue weighted by molar-refractivity contribution is 0.0955. The van der Waals surface area contributed by atoms with E-state index >= 15 is 0 Å². The number of piperidine rings is 1. The molecule has 1 saturated heterocycles. The number of benzene rings is 1. The van der Waals surface area contributed by atoms with E-state index in [9.17, 15) is 4.79 Å². The van der Waals surface area contributed by atoms with Crippen molar-refractivity contribution < 1.29 is 9.53 Å². The Morgan fingerprint density at radius 3 is 2.66 bits per heavy atom. The van der Waals surface area contributed by atoms with Crippen LogP contribution in [0.5, 0.6) is 5.75 Å². The minimum atomic E-state index is -0.0842. The number of amides is 1. The molecule has 1 N–H and O–H groups in total. The van der Waals surface area contributed by atoms with Crippen molar-refractivity contribution in [3.8, 4) is 5.75 Å². The van der Waals surface area contributed by atoms with Crippen LogP contribution in [-0.4, -0.2) is 42.3 Å².